The molecule has 182 valence electrons. The van der Waals surface area contributed by atoms with Crippen LogP contribution in [0.4, 0.5) is 10.6 Å². The second-order valence-corrected chi connectivity index (χ2v) is 8.84. The summed E-state index contributed by atoms with van der Waals surface area (Å²) in [5.74, 6) is 2.11. The van der Waals surface area contributed by atoms with E-state index in [-0.39, 0.29) is 5.28 Å². The Balaban J connectivity index is 1.15. The fraction of sp³-hybridized carbons (Fsp3) is 0.500. The van der Waals surface area contributed by atoms with Gasteiger partial charge in [-0.15, -0.1) is 0 Å². The molecule has 2 N–H and O–H groups in total. The number of anilines is 1. The van der Waals surface area contributed by atoms with E-state index in [9.17, 15) is 4.79 Å². The molecular weight excluding hydrogens is 456 g/mol. The van der Waals surface area contributed by atoms with Gasteiger partial charge >= 0.3 is 6.09 Å². The molecule has 0 bridgehead atoms. The van der Waals surface area contributed by atoms with Crippen LogP contribution in [0.25, 0.3) is 11.2 Å². The van der Waals surface area contributed by atoms with Crippen LogP contribution in [0, 0.1) is 5.92 Å². The van der Waals surface area contributed by atoms with Crippen molar-refractivity contribution < 1.29 is 14.3 Å². The van der Waals surface area contributed by atoms with Crippen LogP contribution >= 0.6 is 11.6 Å². The number of aryl methyl sites for hydroxylation is 1. The van der Waals surface area contributed by atoms with Gasteiger partial charge in [0.1, 0.15) is 5.75 Å². The standard InChI is InChI=1S/C24H31ClN6O3/c1-26-21-20-22(30-23(25)29-21)31(16-28-20)11-4-5-12-33-24(32)27-14-18-9-6-10-19(13-18)34-15-17-7-2-3-8-17/h6,9-10,13,16-17H,2-5,7-8,11-12,14-15H2,1H3,(H,27,32)(H,26,29,30). The number of carbonyl (C=O) groups is 1. The summed E-state index contributed by atoms with van der Waals surface area (Å²) in [5.41, 5.74) is 2.34. The summed E-state index contributed by atoms with van der Waals surface area (Å²) in [7, 11) is 1.77. The maximum Gasteiger partial charge on any atom is 0.407 e. The third kappa shape index (κ3) is 6.50. The molecule has 0 radical (unpaired) electrons. The highest BCUT2D eigenvalue weighted by Crippen LogP contribution is 2.26. The van der Waals surface area contributed by atoms with Crippen molar-refractivity contribution in [2.75, 3.05) is 25.6 Å². The predicted molar refractivity (Wildman–Crippen MR) is 131 cm³/mol. The van der Waals surface area contributed by atoms with Crippen molar-refractivity contribution in [3.05, 3.63) is 41.4 Å². The monoisotopic (exact) mass is 486 g/mol. The zero-order valence-electron chi connectivity index (χ0n) is 19.4. The Morgan fingerprint density at radius 2 is 2.09 bits per heavy atom. The quantitative estimate of drug-likeness (QED) is 0.296. The van der Waals surface area contributed by atoms with Gasteiger partial charge in [0.2, 0.25) is 5.28 Å². The van der Waals surface area contributed by atoms with Crippen LogP contribution in [0.5, 0.6) is 5.75 Å². The predicted octanol–water partition coefficient (Wildman–Crippen LogP) is 4.80. The first kappa shape index (κ1) is 24.1. The number of carbonyl (C=O) groups excluding carboxylic acids is 1. The molecule has 10 heteroatoms. The first-order chi connectivity index (χ1) is 16.6. The minimum atomic E-state index is -0.427. The lowest BCUT2D eigenvalue weighted by molar-refractivity contribution is 0.143. The summed E-state index contributed by atoms with van der Waals surface area (Å²) in [6.45, 7) is 2.19. The van der Waals surface area contributed by atoms with Gasteiger partial charge in [-0.05, 0) is 60.9 Å². The van der Waals surface area contributed by atoms with Crippen molar-refractivity contribution in [2.45, 2.75) is 51.6 Å². The smallest absolute Gasteiger partial charge is 0.407 e. The van der Waals surface area contributed by atoms with Gasteiger partial charge in [-0.2, -0.15) is 9.97 Å². The molecule has 0 atom stereocenters. The first-order valence-corrected chi connectivity index (χ1v) is 12.2. The molecule has 2 aromatic heterocycles. The van der Waals surface area contributed by atoms with Crippen molar-refractivity contribution >= 4 is 34.7 Å². The van der Waals surface area contributed by atoms with E-state index in [0.29, 0.717) is 42.6 Å². The van der Waals surface area contributed by atoms with E-state index in [1.165, 1.54) is 25.7 Å². The highest BCUT2D eigenvalue weighted by molar-refractivity contribution is 6.28. The van der Waals surface area contributed by atoms with Crippen LogP contribution < -0.4 is 15.4 Å². The number of aromatic nitrogens is 4. The van der Waals surface area contributed by atoms with E-state index in [4.69, 9.17) is 21.1 Å². The molecule has 9 nitrogen and oxygen atoms in total. The summed E-state index contributed by atoms with van der Waals surface area (Å²) in [6, 6.07) is 7.84. The molecule has 1 fully saturated rings. The normalized spacial score (nSPS) is 13.8. The number of nitrogens with zero attached hydrogens (tertiary/aromatic N) is 4. The summed E-state index contributed by atoms with van der Waals surface area (Å²) >= 11 is 6.00. The van der Waals surface area contributed by atoms with E-state index >= 15 is 0 Å². The van der Waals surface area contributed by atoms with Gasteiger partial charge in [0.15, 0.2) is 17.0 Å². The van der Waals surface area contributed by atoms with Gasteiger partial charge in [-0.25, -0.2) is 9.78 Å². The Labute approximate surface area is 204 Å². The summed E-state index contributed by atoms with van der Waals surface area (Å²) in [5, 5.41) is 5.95. The van der Waals surface area contributed by atoms with Crippen molar-refractivity contribution in [3.8, 4) is 5.75 Å². The second kappa shape index (κ2) is 11.9. The number of unbranched alkanes of at least 4 members (excludes halogenated alkanes) is 1. The lowest BCUT2D eigenvalue weighted by Crippen LogP contribution is -2.24. The van der Waals surface area contributed by atoms with Crippen LogP contribution in [0.15, 0.2) is 30.6 Å². The minimum absolute atomic E-state index is 0.171. The molecule has 1 amide bonds. The third-order valence-corrected chi connectivity index (χ3v) is 6.16. The number of nitrogens with one attached hydrogen (secondary N) is 2. The minimum Gasteiger partial charge on any atom is -0.493 e. The number of benzene rings is 1. The van der Waals surface area contributed by atoms with Crippen LogP contribution in [0.1, 0.15) is 44.1 Å². The molecule has 34 heavy (non-hydrogen) atoms. The highest BCUT2D eigenvalue weighted by atomic mass is 35.5. The zero-order valence-corrected chi connectivity index (χ0v) is 20.2. The Bertz CT molecular complexity index is 1100. The summed E-state index contributed by atoms with van der Waals surface area (Å²) in [4.78, 5) is 24.8. The number of hydrogen-bond donors (Lipinski definition) is 2. The van der Waals surface area contributed by atoms with Crippen LogP contribution in [-0.2, 0) is 17.8 Å². The Hall–Kier alpha value is -3.07. The van der Waals surface area contributed by atoms with Crippen LogP contribution in [0.2, 0.25) is 5.28 Å². The number of rotatable bonds is 11. The number of imidazole rings is 1. The maximum atomic E-state index is 12.1. The van der Waals surface area contributed by atoms with Crippen molar-refractivity contribution in [1.82, 2.24) is 24.8 Å². The lowest BCUT2D eigenvalue weighted by atomic mass is 10.1. The summed E-state index contributed by atoms with van der Waals surface area (Å²) < 4.78 is 13.2. The van der Waals surface area contributed by atoms with Crippen molar-refractivity contribution in [1.29, 1.82) is 0 Å². The number of amides is 1. The fourth-order valence-corrected chi connectivity index (χ4v) is 4.33. The number of halogens is 1. The topological polar surface area (TPSA) is 103 Å². The molecule has 0 unspecified atom stereocenters. The molecular formula is C24H31ClN6O3. The molecule has 4 rings (SSSR count). The average Bonchev–Trinajstić information content (AvgIpc) is 3.51. The zero-order chi connectivity index (χ0) is 23.8. The van der Waals surface area contributed by atoms with Crippen molar-refractivity contribution in [2.24, 2.45) is 5.92 Å². The SMILES string of the molecule is CNc1nc(Cl)nc2c1ncn2CCCCOC(=O)NCc1cccc(OCC2CCCC2)c1. The Morgan fingerprint density at radius 1 is 1.24 bits per heavy atom. The lowest BCUT2D eigenvalue weighted by Gasteiger charge is -2.12. The van der Waals surface area contributed by atoms with E-state index in [0.717, 1.165) is 30.8 Å². The van der Waals surface area contributed by atoms with Gasteiger partial charge in [-0.3, -0.25) is 0 Å². The van der Waals surface area contributed by atoms with Gasteiger partial charge in [0.05, 0.1) is 19.5 Å². The number of hydrogen-bond acceptors (Lipinski definition) is 7. The molecule has 0 saturated heterocycles. The van der Waals surface area contributed by atoms with Gasteiger partial charge < -0.3 is 24.7 Å². The average molecular weight is 487 g/mol. The number of ether oxygens (including phenoxy) is 2. The maximum absolute atomic E-state index is 12.1. The van der Waals surface area contributed by atoms with E-state index in [1.54, 1.807) is 13.4 Å². The van der Waals surface area contributed by atoms with Crippen molar-refractivity contribution in [3.63, 3.8) is 0 Å². The highest BCUT2D eigenvalue weighted by Gasteiger charge is 2.15. The molecule has 1 aliphatic rings. The molecule has 2 heterocycles. The van der Waals surface area contributed by atoms with Crippen LogP contribution in [0.3, 0.4) is 0 Å². The Kier molecular flexibility index (Phi) is 8.41. The first-order valence-electron chi connectivity index (χ1n) is 11.8. The molecule has 0 spiro atoms. The van der Waals surface area contributed by atoms with E-state index in [1.807, 2.05) is 28.8 Å². The number of fused-ring (bicyclic) bond motifs is 1. The Morgan fingerprint density at radius 3 is 2.91 bits per heavy atom. The summed E-state index contributed by atoms with van der Waals surface area (Å²) in [6.07, 6.45) is 7.94. The second-order valence-electron chi connectivity index (χ2n) is 8.51. The number of alkyl carbamates (subject to hydrolysis) is 1. The molecule has 0 aliphatic heterocycles. The molecule has 1 saturated carbocycles. The molecule has 1 aromatic carbocycles. The van der Waals surface area contributed by atoms with Crippen LogP contribution in [-0.4, -0.2) is 45.9 Å². The largest absolute Gasteiger partial charge is 0.493 e. The fourth-order valence-electron chi connectivity index (χ4n) is 4.17. The van der Waals surface area contributed by atoms with E-state index < -0.39 is 6.09 Å². The van der Waals surface area contributed by atoms with Gasteiger partial charge in [-0.1, -0.05) is 25.0 Å². The van der Waals surface area contributed by atoms with Gasteiger partial charge in [0, 0.05) is 20.1 Å². The molecule has 3 aromatic rings. The third-order valence-electron chi connectivity index (χ3n) is 6.00. The van der Waals surface area contributed by atoms with E-state index in [2.05, 4.69) is 25.6 Å². The van der Waals surface area contributed by atoms with Gasteiger partial charge in [0.25, 0.3) is 0 Å². The molecule has 1 aliphatic carbocycles.